The van der Waals surface area contributed by atoms with Crippen molar-refractivity contribution in [2.24, 2.45) is 5.92 Å². The number of carboxylic acids is 1. The zero-order valence-electron chi connectivity index (χ0n) is 16.7. The third-order valence-electron chi connectivity index (χ3n) is 3.34. The Morgan fingerprint density at radius 3 is 2.35 bits per heavy atom. The molecule has 0 unspecified atom stereocenters. The van der Waals surface area contributed by atoms with Gasteiger partial charge in [-0.05, 0) is 11.5 Å². The molecule has 0 atom stereocenters. The smallest absolute Gasteiger partial charge is 0.475 e. The second-order valence-corrected chi connectivity index (χ2v) is 6.44. The van der Waals surface area contributed by atoms with Gasteiger partial charge in [-0.15, -0.1) is 0 Å². The third-order valence-corrected chi connectivity index (χ3v) is 3.34. The Bertz CT molecular complexity index is 901. The maximum Gasteiger partial charge on any atom is 0.490 e. The minimum absolute atomic E-state index is 0.0627. The number of hydrogen-bond acceptors (Lipinski definition) is 6. The summed E-state index contributed by atoms with van der Waals surface area (Å²) >= 11 is 0. The van der Waals surface area contributed by atoms with Crippen molar-refractivity contribution in [3.8, 4) is 6.07 Å². The molecule has 9 nitrogen and oxygen atoms in total. The Kier molecular flexibility index (Phi) is 9.71. The number of alkyl halides is 3. The summed E-state index contributed by atoms with van der Waals surface area (Å²) in [5, 5.41) is 20.5. The highest BCUT2D eigenvalue weighted by molar-refractivity contribution is 5.75. The number of hydrogen-bond donors (Lipinski definition) is 3. The molecule has 12 heteroatoms. The lowest BCUT2D eigenvalue weighted by atomic mass is 10.2. The zero-order valence-corrected chi connectivity index (χ0v) is 16.7. The quantitative estimate of drug-likeness (QED) is 0.591. The number of carbonyl (C=O) groups is 2. The van der Waals surface area contributed by atoms with E-state index in [2.05, 4.69) is 20.7 Å². The van der Waals surface area contributed by atoms with Crippen molar-refractivity contribution < 1.29 is 27.9 Å². The first-order valence-electron chi connectivity index (χ1n) is 8.92. The summed E-state index contributed by atoms with van der Waals surface area (Å²) in [7, 11) is 0. The maximum absolute atomic E-state index is 12.2. The lowest BCUT2D eigenvalue weighted by Crippen LogP contribution is -2.49. The van der Waals surface area contributed by atoms with Crippen molar-refractivity contribution in [1.29, 1.82) is 5.26 Å². The summed E-state index contributed by atoms with van der Waals surface area (Å²) in [6.45, 7) is 5.04. The van der Waals surface area contributed by atoms with Crippen LogP contribution in [0.15, 0.2) is 42.6 Å². The average molecular weight is 438 g/mol. The third kappa shape index (κ3) is 9.93. The van der Waals surface area contributed by atoms with E-state index in [4.69, 9.17) is 15.2 Å². The fourth-order valence-corrected chi connectivity index (χ4v) is 2.06. The summed E-state index contributed by atoms with van der Waals surface area (Å²) in [6.07, 6.45) is -3.59. The molecule has 0 saturated carbocycles. The van der Waals surface area contributed by atoms with E-state index in [0.29, 0.717) is 24.8 Å². The van der Waals surface area contributed by atoms with E-state index in [9.17, 15) is 18.0 Å². The number of amides is 2. The molecule has 2 amide bonds. The SMILES string of the molecule is CC(C)CN(NC(=O)NCc1ccccc1)c1ccnc(C#N)n1.O=C(O)C(F)(F)F. The van der Waals surface area contributed by atoms with Crippen LogP contribution in [0.4, 0.5) is 23.8 Å². The highest BCUT2D eigenvalue weighted by Gasteiger charge is 2.38. The van der Waals surface area contributed by atoms with Crippen LogP contribution >= 0.6 is 0 Å². The predicted octanol–water partition coefficient (Wildman–Crippen LogP) is 2.86. The van der Waals surface area contributed by atoms with Gasteiger partial charge in [0, 0.05) is 25.4 Å². The number of carbonyl (C=O) groups excluding carboxylic acids is 1. The number of aromatic nitrogens is 2. The largest absolute Gasteiger partial charge is 0.490 e. The molecule has 0 aliphatic carbocycles. The number of nitriles is 1. The van der Waals surface area contributed by atoms with Crippen LogP contribution in [0, 0.1) is 17.2 Å². The van der Waals surface area contributed by atoms with E-state index in [-0.39, 0.29) is 11.9 Å². The van der Waals surface area contributed by atoms with Gasteiger partial charge >= 0.3 is 18.2 Å². The Balaban J connectivity index is 0.000000592. The average Bonchev–Trinajstić information content (AvgIpc) is 2.72. The molecule has 1 aromatic carbocycles. The van der Waals surface area contributed by atoms with Gasteiger partial charge in [-0.25, -0.2) is 20.0 Å². The van der Waals surface area contributed by atoms with Crippen LogP contribution in [0.25, 0.3) is 0 Å². The number of nitrogens with zero attached hydrogens (tertiary/aromatic N) is 4. The molecule has 2 aromatic rings. The van der Waals surface area contributed by atoms with Gasteiger partial charge in [0.1, 0.15) is 6.07 Å². The first-order chi connectivity index (χ1) is 14.5. The summed E-state index contributed by atoms with van der Waals surface area (Å²) in [6, 6.07) is 12.9. The van der Waals surface area contributed by atoms with Gasteiger partial charge in [-0.2, -0.15) is 23.4 Å². The summed E-state index contributed by atoms with van der Waals surface area (Å²) in [5.41, 5.74) is 3.78. The summed E-state index contributed by atoms with van der Waals surface area (Å²) in [4.78, 5) is 29.0. The van der Waals surface area contributed by atoms with Crippen LogP contribution in [0.5, 0.6) is 0 Å². The van der Waals surface area contributed by atoms with Gasteiger partial charge in [0.25, 0.3) is 0 Å². The van der Waals surface area contributed by atoms with Crippen molar-refractivity contribution in [1.82, 2.24) is 20.7 Å². The van der Waals surface area contributed by atoms with E-state index in [1.54, 1.807) is 11.1 Å². The second kappa shape index (κ2) is 12.0. The molecule has 0 radical (unpaired) electrons. The molecule has 2 rings (SSSR count). The van der Waals surface area contributed by atoms with Crippen LogP contribution in [-0.2, 0) is 11.3 Å². The topological polar surface area (TPSA) is 131 Å². The van der Waals surface area contributed by atoms with Crippen molar-refractivity contribution in [2.75, 3.05) is 11.6 Å². The van der Waals surface area contributed by atoms with Gasteiger partial charge in [-0.1, -0.05) is 44.2 Å². The number of hydrazine groups is 1. The molecule has 0 aliphatic rings. The fourth-order valence-electron chi connectivity index (χ4n) is 2.06. The van der Waals surface area contributed by atoms with Crippen molar-refractivity contribution in [2.45, 2.75) is 26.6 Å². The molecule has 1 aromatic heterocycles. The Labute approximate surface area is 176 Å². The highest BCUT2D eigenvalue weighted by atomic mass is 19.4. The molecule has 3 N–H and O–H groups in total. The number of nitrogens with one attached hydrogen (secondary N) is 2. The number of aliphatic carboxylic acids is 1. The van der Waals surface area contributed by atoms with E-state index in [0.717, 1.165) is 5.56 Å². The Morgan fingerprint density at radius 2 is 1.84 bits per heavy atom. The number of rotatable bonds is 6. The van der Waals surface area contributed by atoms with E-state index in [1.807, 2.05) is 50.2 Å². The van der Waals surface area contributed by atoms with Crippen LogP contribution in [-0.4, -0.2) is 39.8 Å². The Morgan fingerprint density at radius 1 is 1.23 bits per heavy atom. The number of anilines is 1. The van der Waals surface area contributed by atoms with Gasteiger partial charge in [-0.3, -0.25) is 5.01 Å². The second-order valence-electron chi connectivity index (χ2n) is 6.44. The molecular formula is C19H21F3N6O3. The van der Waals surface area contributed by atoms with Crippen LogP contribution in [0.2, 0.25) is 0 Å². The molecule has 0 aliphatic heterocycles. The van der Waals surface area contributed by atoms with Crippen LogP contribution in [0.1, 0.15) is 25.2 Å². The predicted molar refractivity (Wildman–Crippen MR) is 104 cm³/mol. The highest BCUT2D eigenvalue weighted by Crippen LogP contribution is 2.13. The normalized spacial score (nSPS) is 10.4. The fraction of sp³-hybridized carbons (Fsp3) is 0.316. The minimum atomic E-state index is -5.08. The lowest BCUT2D eigenvalue weighted by molar-refractivity contribution is -0.192. The Hall–Kier alpha value is -3.88. The van der Waals surface area contributed by atoms with Crippen LogP contribution in [0.3, 0.4) is 0 Å². The number of benzene rings is 1. The maximum atomic E-state index is 12.2. The molecule has 31 heavy (non-hydrogen) atoms. The molecule has 0 spiro atoms. The number of halogens is 3. The monoisotopic (exact) mass is 438 g/mol. The molecule has 0 bridgehead atoms. The van der Waals surface area contributed by atoms with Crippen molar-refractivity contribution >= 4 is 17.8 Å². The minimum Gasteiger partial charge on any atom is -0.475 e. The molecular weight excluding hydrogens is 417 g/mol. The first-order valence-corrected chi connectivity index (χ1v) is 8.92. The molecule has 0 saturated heterocycles. The molecule has 1 heterocycles. The van der Waals surface area contributed by atoms with Gasteiger partial charge in [0.05, 0.1) is 0 Å². The standard InChI is InChI=1S/C17H20N6O.C2HF3O2/c1-13(2)12-23(16-8-9-19-15(10-18)21-16)22-17(24)20-11-14-6-4-3-5-7-14;3-2(4,5)1(6)7/h3-9,13H,11-12H2,1-2H3,(H2,20,22,24);(H,6,7). The van der Waals surface area contributed by atoms with Crippen LogP contribution < -0.4 is 15.8 Å². The lowest BCUT2D eigenvalue weighted by Gasteiger charge is -2.26. The zero-order chi connectivity index (χ0) is 23.4. The van der Waals surface area contributed by atoms with Gasteiger partial charge < -0.3 is 10.4 Å². The number of carboxylic acid groups (broad SMARTS) is 1. The molecule has 166 valence electrons. The molecule has 0 fully saturated rings. The van der Waals surface area contributed by atoms with Gasteiger partial charge in [0.15, 0.2) is 5.82 Å². The first kappa shape index (κ1) is 25.2. The number of urea groups is 1. The van der Waals surface area contributed by atoms with Crippen molar-refractivity contribution in [3.63, 3.8) is 0 Å². The van der Waals surface area contributed by atoms with E-state index >= 15 is 0 Å². The summed E-state index contributed by atoms with van der Waals surface area (Å²) in [5.74, 6) is -1.93. The van der Waals surface area contributed by atoms with Crippen molar-refractivity contribution in [3.05, 3.63) is 54.0 Å². The summed E-state index contributed by atoms with van der Waals surface area (Å²) < 4.78 is 31.7. The van der Waals surface area contributed by atoms with E-state index in [1.165, 1.54) is 6.20 Å². The van der Waals surface area contributed by atoms with Gasteiger partial charge in [0.2, 0.25) is 5.82 Å². The van der Waals surface area contributed by atoms with E-state index < -0.39 is 12.1 Å².